The minimum atomic E-state index is -0.698. The zero-order chi connectivity index (χ0) is 27.3. The molecule has 1 fully saturated rings. The maximum Gasteiger partial charge on any atom is 0.251 e. The van der Waals surface area contributed by atoms with Gasteiger partial charge >= 0.3 is 0 Å². The topological polar surface area (TPSA) is 124 Å². The largest absolute Gasteiger partial charge is 0.390 e. The van der Waals surface area contributed by atoms with Crippen LogP contribution in [0.5, 0.6) is 0 Å². The second-order valence-electron chi connectivity index (χ2n) is 10.0. The molecule has 2 aromatic rings. The number of benzene rings is 2. The van der Waals surface area contributed by atoms with Crippen LogP contribution in [0.25, 0.3) is 0 Å². The Morgan fingerprint density at radius 2 is 1.97 bits per heavy atom. The minimum absolute atomic E-state index is 0.0332. The quantitative estimate of drug-likeness (QED) is 0.336. The molecule has 0 spiro atoms. The van der Waals surface area contributed by atoms with Crippen LogP contribution >= 0.6 is 0 Å². The smallest absolute Gasteiger partial charge is 0.251 e. The fourth-order valence-corrected chi connectivity index (χ4v) is 5.38. The molecule has 1 heterocycles. The molecule has 1 saturated heterocycles. The summed E-state index contributed by atoms with van der Waals surface area (Å²) in [5.41, 5.74) is 2.59. The maximum absolute atomic E-state index is 13.4. The SMILES string of the molecule is CCC1(CC)CC(=O)N([C@H](COCCOC)c2cccc(C(=O)N[C@@H]3c4ccccc4CC3O)c2)C(=N)N1. The van der Waals surface area contributed by atoms with Gasteiger partial charge in [0.25, 0.3) is 5.91 Å². The summed E-state index contributed by atoms with van der Waals surface area (Å²) in [6.45, 7) is 4.91. The summed E-state index contributed by atoms with van der Waals surface area (Å²) in [7, 11) is 1.59. The van der Waals surface area contributed by atoms with E-state index in [1.807, 2.05) is 44.2 Å². The first-order chi connectivity index (χ1) is 18.3. The average molecular weight is 523 g/mol. The normalized spacial score (nSPS) is 21.1. The fourth-order valence-electron chi connectivity index (χ4n) is 5.38. The number of amides is 2. The van der Waals surface area contributed by atoms with Crippen molar-refractivity contribution in [3.8, 4) is 0 Å². The van der Waals surface area contributed by atoms with Gasteiger partial charge in [0.1, 0.15) is 0 Å². The lowest BCUT2D eigenvalue weighted by atomic mass is 9.86. The number of nitrogens with zero attached hydrogens (tertiary/aromatic N) is 1. The van der Waals surface area contributed by atoms with Crippen molar-refractivity contribution in [2.45, 2.75) is 63.3 Å². The molecule has 204 valence electrons. The first-order valence-corrected chi connectivity index (χ1v) is 13.2. The Morgan fingerprint density at radius 3 is 2.68 bits per heavy atom. The Balaban J connectivity index is 1.58. The van der Waals surface area contributed by atoms with E-state index >= 15 is 0 Å². The molecule has 3 atom stereocenters. The van der Waals surface area contributed by atoms with Gasteiger partial charge < -0.3 is 25.2 Å². The number of hydrogen-bond acceptors (Lipinski definition) is 6. The predicted octanol–water partition coefficient (Wildman–Crippen LogP) is 3.09. The molecular formula is C29H38N4O5. The van der Waals surface area contributed by atoms with E-state index in [0.717, 1.165) is 24.0 Å². The van der Waals surface area contributed by atoms with Crippen LogP contribution in [0, 0.1) is 5.41 Å². The van der Waals surface area contributed by atoms with E-state index in [4.69, 9.17) is 14.9 Å². The van der Waals surface area contributed by atoms with Crippen LogP contribution < -0.4 is 10.6 Å². The van der Waals surface area contributed by atoms with Gasteiger partial charge in [-0.05, 0) is 41.7 Å². The molecular weight excluding hydrogens is 484 g/mol. The highest BCUT2D eigenvalue weighted by Crippen LogP contribution is 2.33. The third kappa shape index (κ3) is 5.75. The number of fused-ring (bicyclic) bond motifs is 1. The monoisotopic (exact) mass is 522 g/mol. The number of aliphatic hydroxyl groups is 1. The molecule has 38 heavy (non-hydrogen) atoms. The molecule has 4 rings (SSSR count). The molecule has 2 aromatic carbocycles. The first kappa shape index (κ1) is 27.8. The van der Waals surface area contributed by atoms with E-state index < -0.39 is 23.7 Å². The number of methoxy groups -OCH3 is 1. The minimum Gasteiger partial charge on any atom is -0.390 e. The van der Waals surface area contributed by atoms with Gasteiger partial charge in [0, 0.05) is 24.6 Å². The first-order valence-electron chi connectivity index (χ1n) is 13.2. The van der Waals surface area contributed by atoms with E-state index in [1.165, 1.54) is 4.90 Å². The number of hydrogen-bond donors (Lipinski definition) is 4. The van der Waals surface area contributed by atoms with Crippen molar-refractivity contribution in [2.75, 3.05) is 26.9 Å². The zero-order valence-corrected chi connectivity index (χ0v) is 22.3. The number of ether oxygens (including phenoxy) is 2. The molecule has 0 bridgehead atoms. The van der Waals surface area contributed by atoms with Crippen molar-refractivity contribution >= 4 is 17.8 Å². The number of carbonyl (C=O) groups is 2. The molecule has 2 aliphatic rings. The Hall–Kier alpha value is -3.27. The van der Waals surface area contributed by atoms with Gasteiger partial charge in [0.2, 0.25) is 5.91 Å². The lowest BCUT2D eigenvalue weighted by Gasteiger charge is -2.44. The van der Waals surface area contributed by atoms with Gasteiger partial charge in [-0.2, -0.15) is 0 Å². The third-order valence-electron chi connectivity index (χ3n) is 7.78. The van der Waals surface area contributed by atoms with Crippen molar-refractivity contribution in [1.29, 1.82) is 5.41 Å². The van der Waals surface area contributed by atoms with Crippen molar-refractivity contribution < 1.29 is 24.2 Å². The van der Waals surface area contributed by atoms with Crippen LogP contribution in [-0.2, 0) is 20.7 Å². The predicted molar refractivity (Wildman–Crippen MR) is 144 cm³/mol. The van der Waals surface area contributed by atoms with Gasteiger partial charge in [0.15, 0.2) is 5.96 Å². The molecule has 9 nitrogen and oxygen atoms in total. The summed E-state index contributed by atoms with van der Waals surface area (Å²) in [4.78, 5) is 28.1. The van der Waals surface area contributed by atoms with E-state index in [2.05, 4.69) is 10.6 Å². The molecule has 0 aromatic heterocycles. The molecule has 0 saturated carbocycles. The van der Waals surface area contributed by atoms with Crippen LogP contribution in [0.1, 0.15) is 72.2 Å². The van der Waals surface area contributed by atoms with Crippen molar-refractivity contribution in [1.82, 2.24) is 15.5 Å². The zero-order valence-electron chi connectivity index (χ0n) is 22.3. The molecule has 9 heteroatoms. The molecule has 0 radical (unpaired) electrons. The molecule has 2 amide bonds. The Morgan fingerprint density at radius 1 is 1.21 bits per heavy atom. The fraction of sp³-hybridized carbons (Fsp3) is 0.483. The molecule has 1 aliphatic carbocycles. The lowest BCUT2D eigenvalue weighted by Crippen LogP contribution is -2.62. The van der Waals surface area contributed by atoms with Crippen LogP contribution in [-0.4, -0.2) is 66.4 Å². The van der Waals surface area contributed by atoms with Crippen LogP contribution in [0.15, 0.2) is 48.5 Å². The van der Waals surface area contributed by atoms with Gasteiger partial charge in [-0.3, -0.25) is 19.9 Å². The third-order valence-corrected chi connectivity index (χ3v) is 7.78. The summed E-state index contributed by atoms with van der Waals surface area (Å²) < 4.78 is 10.9. The van der Waals surface area contributed by atoms with E-state index in [9.17, 15) is 14.7 Å². The van der Waals surface area contributed by atoms with Gasteiger partial charge in [0.05, 0.1) is 44.4 Å². The summed E-state index contributed by atoms with van der Waals surface area (Å²) in [5.74, 6) is -0.440. The highest BCUT2D eigenvalue weighted by Gasteiger charge is 2.42. The molecule has 1 aliphatic heterocycles. The molecule has 1 unspecified atom stereocenters. The Kier molecular flexibility index (Phi) is 8.81. The van der Waals surface area contributed by atoms with Crippen LogP contribution in [0.3, 0.4) is 0 Å². The number of carbonyl (C=O) groups excluding carboxylic acids is 2. The van der Waals surface area contributed by atoms with Crippen molar-refractivity contribution in [3.05, 3.63) is 70.8 Å². The summed E-state index contributed by atoms with van der Waals surface area (Å²) in [6, 6.07) is 13.6. The van der Waals surface area contributed by atoms with Crippen molar-refractivity contribution in [2.24, 2.45) is 0 Å². The van der Waals surface area contributed by atoms with Crippen molar-refractivity contribution in [3.63, 3.8) is 0 Å². The summed E-state index contributed by atoms with van der Waals surface area (Å²) >= 11 is 0. The van der Waals surface area contributed by atoms with Gasteiger partial charge in [-0.25, -0.2) is 0 Å². The standard InChI is InChI=1S/C29H38N4O5/c1-4-29(5-2)17-25(35)33(28(30)32-29)23(18-38-14-13-37-3)20-10-8-11-21(15-20)27(36)31-26-22-12-7-6-9-19(22)16-24(26)34/h6-12,15,23-24,26,34H,4-5,13-14,16-18H2,1-3H3,(H2,30,32)(H,31,36)/t23-,24?,26-/m1/s1. The van der Waals surface area contributed by atoms with Gasteiger partial charge in [-0.15, -0.1) is 0 Å². The number of guanidine groups is 1. The second kappa shape index (κ2) is 12.1. The summed E-state index contributed by atoms with van der Waals surface area (Å²) in [6.07, 6.45) is 1.52. The number of aliphatic hydroxyl groups excluding tert-OH is 1. The van der Waals surface area contributed by atoms with E-state index in [1.54, 1.807) is 25.3 Å². The highest BCUT2D eigenvalue weighted by atomic mass is 16.5. The number of nitrogens with one attached hydrogen (secondary N) is 3. The molecule has 4 N–H and O–H groups in total. The maximum atomic E-state index is 13.4. The van der Waals surface area contributed by atoms with Crippen LogP contribution in [0.2, 0.25) is 0 Å². The Bertz CT molecular complexity index is 1150. The van der Waals surface area contributed by atoms with E-state index in [-0.39, 0.29) is 30.8 Å². The Labute approximate surface area is 224 Å². The summed E-state index contributed by atoms with van der Waals surface area (Å²) in [5, 5.41) is 25.5. The van der Waals surface area contributed by atoms with Gasteiger partial charge in [-0.1, -0.05) is 50.2 Å². The van der Waals surface area contributed by atoms with E-state index in [0.29, 0.717) is 30.8 Å². The average Bonchev–Trinajstić information content (AvgIpc) is 3.24. The highest BCUT2D eigenvalue weighted by molar-refractivity contribution is 6.00. The number of rotatable bonds is 11. The van der Waals surface area contributed by atoms with Crippen LogP contribution in [0.4, 0.5) is 0 Å². The lowest BCUT2D eigenvalue weighted by molar-refractivity contribution is -0.134. The second-order valence-corrected chi connectivity index (χ2v) is 10.0.